The Morgan fingerprint density at radius 3 is 2.36 bits per heavy atom. The molecule has 0 amide bonds. The van der Waals surface area contributed by atoms with E-state index in [1.165, 1.54) is 20.3 Å². The molecule has 0 aromatic carbocycles. The summed E-state index contributed by atoms with van der Waals surface area (Å²) in [5.74, 6) is -2.98. The van der Waals surface area contributed by atoms with Crippen LogP contribution in [0.15, 0.2) is 34.7 Å². The number of cyclic esters (lactones) is 1. The van der Waals surface area contributed by atoms with Gasteiger partial charge in [-0.05, 0) is 45.6 Å². The Morgan fingerprint density at radius 2 is 1.79 bits per heavy atom. The molecule has 0 bridgehead atoms. The predicted octanol–water partition coefficient (Wildman–Crippen LogP) is 3.24. The van der Waals surface area contributed by atoms with Crippen LogP contribution in [0.5, 0.6) is 0 Å². The molecular formula is C29H34O10. The number of furan rings is 1. The summed E-state index contributed by atoms with van der Waals surface area (Å²) in [5, 5.41) is 0. The van der Waals surface area contributed by atoms with E-state index in [0.29, 0.717) is 24.0 Å². The lowest BCUT2D eigenvalue weighted by Gasteiger charge is -2.63. The van der Waals surface area contributed by atoms with Crippen LogP contribution in [0.2, 0.25) is 0 Å². The molecule has 39 heavy (non-hydrogen) atoms. The normalized spacial score (nSPS) is 45.4. The van der Waals surface area contributed by atoms with Gasteiger partial charge in [0.2, 0.25) is 5.78 Å². The maximum absolute atomic E-state index is 14.5. The van der Waals surface area contributed by atoms with Crippen LogP contribution in [0, 0.1) is 22.7 Å². The summed E-state index contributed by atoms with van der Waals surface area (Å²) in [7, 11) is 1.30. The van der Waals surface area contributed by atoms with Gasteiger partial charge in [0.25, 0.3) is 0 Å². The highest BCUT2D eigenvalue weighted by Gasteiger charge is 2.91. The van der Waals surface area contributed by atoms with Crippen LogP contribution in [-0.2, 0) is 42.9 Å². The number of carbonyl (C=O) groups is 4. The molecule has 1 aromatic rings. The molecule has 5 aliphatic rings. The molecule has 1 aromatic heterocycles. The van der Waals surface area contributed by atoms with Crippen LogP contribution in [-0.4, -0.2) is 59.8 Å². The zero-order valence-corrected chi connectivity index (χ0v) is 23.2. The van der Waals surface area contributed by atoms with Crippen molar-refractivity contribution < 1.29 is 47.3 Å². The molecule has 2 spiro atoms. The summed E-state index contributed by atoms with van der Waals surface area (Å²) in [6.45, 7) is 10.4. The molecule has 3 saturated heterocycles. The quantitative estimate of drug-likeness (QED) is 0.242. The molecule has 10 heteroatoms. The smallest absolute Gasteiger partial charge is 0.339 e. The van der Waals surface area contributed by atoms with E-state index in [9.17, 15) is 19.2 Å². The highest BCUT2D eigenvalue weighted by Crippen LogP contribution is 2.79. The van der Waals surface area contributed by atoms with Crippen molar-refractivity contribution in [3.05, 3.63) is 35.8 Å². The Balaban J connectivity index is 1.57. The van der Waals surface area contributed by atoms with E-state index >= 15 is 0 Å². The van der Waals surface area contributed by atoms with Crippen LogP contribution < -0.4 is 0 Å². The molecule has 3 aliphatic heterocycles. The molecule has 5 fully saturated rings. The first-order valence-electron chi connectivity index (χ1n) is 13.3. The van der Waals surface area contributed by atoms with Crippen LogP contribution in [0.3, 0.4) is 0 Å². The first kappa shape index (κ1) is 26.3. The van der Waals surface area contributed by atoms with Crippen molar-refractivity contribution in [2.45, 2.75) is 89.5 Å². The number of hydrogen-bond donors (Lipinski definition) is 0. The van der Waals surface area contributed by atoms with E-state index in [4.69, 9.17) is 28.1 Å². The molecular weight excluding hydrogens is 508 g/mol. The molecule has 2 aliphatic carbocycles. The average Bonchev–Trinajstić information content (AvgIpc) is 3.67. The Bertz CT molecular complexity index is 1310. The molecule has 0 unspecified atom stereocenters. The fourth-order valence-corrected chi connectivity index (χ4v) is 8.66. The number of rotatable bonds is 4. The van der Waals surface area contributed by atoms with Crippen LogP contribution in [0.1, 0.15) is 66.1 Å². The minimum absolute atomic E-state index is 0.340. The Kier molecular flexibility index (Phi) is 5.26. The summed E-state index contributed by atoms with van der Waals surface area (Å²) in [4.78, 5) is 52.9. The van der Waals surface area contributed by atoms with Crippen molar-refractivity contribution in [1.29, 1.82) is 0 Å². The fraction of sp³-hybridized carbons (Fsp3) is 0.655. The number of ether oxygens (including phenoxy) is 5. The standard InChI is InChI=1S/C29H34O10/c1-14(23(32)34-7)12-18-17-8-10-26(5)20(16-9-11-35-13-16)37-24(33)22-29(26,38-22)27(17,6)21(36-15(2)30)19(31)28(18)25(3,4)39-28/h9,11-13,17-18,20-22H,8,10H2,1-7H3/t17-,18-,20+,21+,22+,26+,27+,28-,29-/m1/s1. The maximum atomic E-state index is 14.5. The van der Waals surface area contributed by atoms with Crippen molar-refractivity contribution in [2.24, 2.45) is 22.7 Å². The van der Waals surface area contributed by atoms with Gasteiger partial charge in [0.15, 0.2) is 17.8 Å². The summed E-state index contributed by atoms with van der Waals surface area (Å²) in [5.41, 5.74) is -4.26. The average molecular weight is 543 g/mol. The second-order valence-electron chi connectivity index (χ2n) is 12.5. The van der Waals surface area contributed by atoms with Crippen LogP contribution >= 0.6 is 0 Å². The van der Waals surface area contributed by atoms with Crippen molar-refractivity contribution in [1.82, 2.24) is 0 Å². The molecule has 2 saturated carbocycles. The fourth-order valence-electron chi connectivity index (χ4n) is 8.66. The second kappa shape index (κ2) is 7.81. The summed E-state index contributed by atoms with van der Waals surface area (Å²) < 4.78 is 34.7. The summed E-state index contributed by atoms with van der Waals surface area (Å²) in [6.07, 6.45) is 3.10. The van der Waals surface area contributed by atoms with E-state index < -0.39 is 75.6 Å². The van der Waals surface area contributed by atoms with Crippen LogP contribution in [0.25, 0.3) is 0 Å². The highest BCUT2D eigenvalue weighted by atomic mass is 16.7. The summed E-state index contributed by atoms with van der Waals surface area (Å²) >= 11 is 0. The molecule has 0 N–H and O–H groups in total. The van der Waals surface area contributed by atoms with Gasteiger partial charge in [-0.3, -0.25) is 9.59 Å². The predicted molar refractivity (Wildman–Crippen MR) is 132 cm³/mol. The third kappa shape index (κ3) is 2.94. The number of esters is 3. The van der Waals surface area contributed by atoms with E-state index in [1.54, 1.807) is 25.3 Å². The van der Waals surface area contributed by atoms with E-state index in [-0.39, 0.29) is 5.92 Å². The van der Waals surface area contributed by atoms with Crippen molar-refractivity contribution >= 4 is 23.7 Å². The van der Waals surface area contributed by atoms with Gasteiger partial charge in [0.05, 0.1) is 19.6 Å². The second-order valence-corrected chi connectivity index (χ2v) is 12.5. The van der Waals surface area contributed by atoms with Gasteiger partial charge in [0.1, 0.15) is 17.3 Å². The number of fused-ring (bicyclic) bond motifs is 1. The molecule has 10 nitrogen and oxygen atoms in total. The zero-order chi connectivity index (χ0) is 28.3. The highest BCUT2D eigenvalue weighted by molar-refractivity contribution is 6.00. The molecule has 9 atom stereocenters. The van der Waals surface area contributed by atoms with Gasteiger partial charge in [-0.15, -0.1) is 0 Å². The first-order chi connectivity index (χ1) is 18.2. The molecule has 4 heterocycles. The SMILES string of the molecule is COC(=O)C(C)=C[C@@H]1[C@H]2CC[C@@]3(C)[C@H](c4ccoc4)OC(=O)[C@@H]4O[C@]43[C@]2(C)[C@@H](OC(C)=O)C(=O)[C@]12OC2(C)C. The first-order valence-corrected chi connectivity index (χ1v) is 13.3. The lowest BCUT2D eigenvalue weighted by atomic mass is 9.40. The third-order valence-corrected chi connectivity index (χ3v) is 10.4. The molecule has 210 valence electrons. The topological polar surface area (TPSA) is 134 Å². The number of epoxide rings is 2. The van der Waals surface area contributed by atoms with Crippen LogP contribution in [0.4, 0.5) is 0 Å². The Labute approximate surface area is 226 Å². The molecule has 6 rings (SSSR count). The summed E-state index contributed by atoms with van der Waals surface area (Å²) in [6, 6.07) is 1.75. The van der Waals surface area contributed by atoms with Gasteiger partial charge in [-0.2, -0.15) is 0 Å². The van der Waals surface area contributed by atoms with Crippen molar-refractivity contribution in [3.63, 3.8) is 0 Å². The number of Topliss-reactive ketones (excluding diaryl/α,β-unsaturated/α-hetero) is 1. The minimum atomic E-state index is -1.32. The monoisotopic (exact) mass is 542 g/mol. The number of methoxy groups -OCH3 is 1. The Hall–Kier alpha value is -2.98. The Morgan fingerprint density at radius 1 is 1.10 bits per heavy atom. The minimum Gasteiger partial charge on any atom is -0.472 e. The van der Waals surface area contributed by atoms with Gasteiger partial charge >= 0.3 is 17.9 Å². The van der Waals surface area contributed by atoms with Gasteiger partial charge < -0.3 is 28.1 Å². The van der Waals surface area contributed by atoms with E-state index in [1.807, 2.05) is 27.7 Å². The number of ketones is 1. The van der Waals surface area contributed by atoms with Crippen molar-refractivity contribution in [2.75, 3.05) is 7.11 Å². The zero-order valence-electron chi connectivity index (χ0n) is 23.2. The van der Waals surface area contributed by atoms with E-state index in [2.05, 4.69) is 0 Å². The van der Waals surface area contributed by atoms with Crippen molar-refractivity contribution in [3.8, 4) is 0 Å². The third-order valence-electron chi connectivity index (χ3n) is 10.4. The van der Waals surface area contributed by atoms with E-state index in [0.717, 1.165) is 0 Å². The van der Waals surface area contributed by atoms with Gasteiger partial charge in [-0.25, -0.2) is 9.59 Å². The van der Waals surface area contributed by atoms with Gasteiger partial charge in [0, 0.05) is 34.8 Å². The lowest BCUT2D eigenvalue weighted by molar-refractivity contribution is -0.228. The number of hydrogen-bond acceptors (Lipinski definition) is 10. The largest absolute Gasteiger partial charge is 0.472 e. The molecule has 0 radical (unpaired) electrons. The maximum Gasteiger partial charge on any atom is 0.339 e. The number of carbonyl (C=O) groups excluding carboxylic acids is 4. The van der Waals surface area contributed by atoms with Gasteiger partial charge in [-0.1, -0.05) is 19.9 Å². The lowest BCUT2D eigenvalue weighted by Crippen LogP contribution is -2.74.